The third kappa shape index (κ3) is 32.9. The van der Waals surface area contributed by atoms with Gasteiger partial charge in [0, 0.05) is 45.0 Å². The molecule has 0 heterocycles. The molecule has 3 unspecified atom stereocenters. The van der Waals surface area contributed by atoms with Gasteiger partial charge in [0.25, 0.3) is 0 Å². The monoisotopic (exact) mass is 1770 g/mol. The number of hydrogen-bond donors (Lipinski definition) is 13. The molecular formula is C93H158F3N7O21. The number of aliphatic carboxylic acids is 7. The van der Waals surface area contributed by atoms with Crippen LogP contribution in [0.3, 0.4) is 0 Å². The first-order valence-corrected chi connectivity index (χ1v) is 45.8. The van der Waals surface area contributed by atoms with Crippen molar-refractivity contribution >= 4 is 83.1 Å². The minimum Gasteiger partial charge on any atom is -0.481 e. The van der Waals surface area contributed by atoms with Crippen LogP contribution in [0.2, 0.25) is 0 Å². The normalized spacial score (nSPS) is 20.3. The van der Waals surface area contributed by atoms with Crippen LogP contribution in [0, 0.1) is 85.2 Å². The Balaban J connectivity index is 0.000000374. The highest BCUT2D eigenvalue weighted by molar-refractivity contribution is 5.92. The van der Waals surface area contributed by atoms with Gasteiger partial charge in [0.05, 0.1) is 30.3 Å². The number of hydrogen-bond acceptors (Lipinski definition) is 14. The Hall–Kier alpha value is -7.63. The molecule has 9 rings (SSSR count). The molecule has 9 aliphatic rings. The molecule has 3 atom stereocenters. The van der Waals surface area contributed by atoms with Gasteiger partial charge in [-0.2, -0.15) is 13.2 Å². The fourth-order valence-corrected chi connectivity index (χ4v) is 19.2. The van der Waals surface area contributed by atoms with E-state index in [0.717, 1.165) is 193 Å². The molecule has 28 nitrogen and oxygen atoms in total. The summed E-state index contributed by atoms with van der Waals surface area (Å²) in [7, 11) is 1.58. The number of alkyl halides is 3. The molecule has 0 bridgehead atoms. The summed E-state index contributed by atoms with van der Waals surface area (Å²) in [6.07, 6.45) is 23.7. The number of halogens is 3. The molecule has 9 fully saturated rings. The highest BCUT2D eigenvalue weighted by Crippen LogP contribution is 2.53. The number of amides is 7. The van der Waals surface area contributed by atoms with E-state index in [1.54, 1.807) is 7.05 Å². The molecule has 712 valence electrons. The van der Waals surface area contributed by atoms with Gasteiger partial charge < -0.3 is 72.5 Å². The summed E-state index contributed by atoms with van der Waals surface area (Å²) in [5.74, 6) is -4.82. The van der Waals surface area contributed by atoms with Gasteiger partial charge in [0.15, 0.2) is 0 Å². The van der Waals surface area contributed by atoms with Gasteiger partial charge in [0.2, 0.25) is 41.4 Å². The van der Waals surface area contributed by atoms with Crippen molar-refractivity contribution in [3.63, 3.8) is 0 Å². The topological polar surface area (TPSA) is 456 Å². The molecule has 31 heteroatoms. The van der Waals surface area contributed by atoms with Crippen LogP contribution < -0.4 is 31.9 Å². The van der Waals surface area contributed by atoms with Crippen molar-refractivity contribution in [1.29, 1.82) is 0 Å². The first kappa shape index (κ1) is 111. The van der Waals surface area contributed by atoms with E-state index >= 15 is 0 Å². The molecule has 13 N–H and O–H groups in total. The van der Waals surface area contributed by atoms with Crippen LogP contribution in [0.15, 0.2) is 0 Å². The molecular weight excluding hydrogens is 1610 g/mol. The largest absolute Gasteiger partial charge is 0.481 e. The van der Waals surface area contributed by atoms with E-state index in [0.29, 0.717) is 54.8 Å². The van der Waals surface area contributed by atoms with E-state index in [1.807, 2.05) is 33.0 Å². The number of rotatable bonds is 39. The number of carboxylic acid groups (broad SMARTS) is 7. The number of carbonyl (C=O) groups is 14. The molecule has 124 heavy (non-hydrogen) atoms. The SMILES string of the molecule is CC(C)CC1(C(=O)N(C)CC(=O)O)CCC1.CC(C)CC1(C(=O)NC(C(=O)O)C(C)C)CCC1.CC(C)CC1(C(=O)NC(C)(C)C(=O)O)CCC1.CC(C)CC1(C(=O)NC(C)C(=O)O)CCC1.CC(C)CC1(C(=O)NC(CC(=O)O)C(F)(F)F)CCC1.CC(C)CC1(C(=O)NC2(CC(=O)O)CC2)CCC1.CC(C)CC1(C(=O)NC2(CC(=O)O)CCC2)CCC1. The Morgan fingerprint density at radius 1 is 0.339 bits per heavy atom. The Kier molecular flexibility index (Phi) is 41.8. The second kappa shape index (κ2) is 46.9. The summed E-state index contributed by atoms with van der Waals surface area (Å²) in [6, 6.07) is -3.89. The number of nitrogens with zero attached hydrogens (tertiary/aromatic N) is 1. The zero-order chi connectivity index (χ0) is 94.9. The van der Waals surface area contributed by atoms with E-state index in [2.05, 4.69) is 110 Å². The van der Waals surface area contributed by atoms with Gasteiger partial charge >= 0.3 is 48.0 Å². The Labute approximate surface area is 735 Å². The lowest BCUT2D eigenvalue weighted by atomic mass is 9.63. The van der Waals surface area contributed by atoms with Crippen molar-refractivity contribution in [2.75, 3.05) is 13.6 Å². The lowest BCUT2D eigenvalue weighted by Gasteiger charge is -2.48. The Morgan fingerprint density at radius 3 is 0.831 bits per heavy atom. The predicted molar refractivity (Wildman–Crippen MR) is 465 cm³/mol. The quantitative estimate of drug-likeness (QED) is 0.0272. The maximum absolute atomic E-state index is 12.7. The van der Waals surface area contributed by atoms with E-state index in [1.165, 1.54) is 25.7 Å². The second-order valence-corrected chi connectivity index (χ2v) is 42.3. The van der Waals surface area contributed by atoms with Gasteiger partial charge in [-0.3, -0.25) is 57.5 Å². The zero-order valence-electron chi connectivity index (χ0n) is 78.4. The molecule has 0 aromatic heterocycles. The van der Waals surface area contributed by atoms with Crippen LogP contribution in [0.4, 0.5) is 13.2 Å². The van der Waals surface area contributed by atoms with E-state index in [9.17, 15) is 80.3 Å². The fourth-order valence-electron chi connectivity index (χ4n) is 19.2. The minimum absolute atomic E-state index is 0.00912. The number of nitrogens with one attached hydrogen (secondary N) is 6. The van der Waals surface area contributed by atoms with Crippen molar-refractivity contribution in [2.45, 2.75) is 404 Å². The molecule has 0 saturated heterocycles. The van der Waals surface area contributed by atoms with Crippen LogP contribution in [-0.4, -0.2) is 178 Å². The fraction of sp³-hybridized carbons (Fsp3) is 0.849. The van der Waals surface area contributed by atoms with Crippen molar-refractivity contribution in [3.8, 4) is 0 Å². The Morgan fingerprint density at radius 2 is 0.613 bits per heavy atom. The van der Waals surface area contributed by atoms with Crippen molar-refractivity contribution in [1.82, 2.24) is 36.8 Å². The molecule has 9 saturated carbocycles. The van der Waals surface area contributed by atoms with E-state index in [4.69, 9.17) is 35.7 Å². The van der Waals surface area contributed by atoms with Gasteiger partial charge in [-0.05, 0) is 235 Å². The van der Waals surface area contributed by atoms with E-state index in [-0.39, 0.29) is 99.2 Å². The third-order valence-corrected chi connectivity index (χ3v) is 26.7. The summed E-state index contributed by atoms with van der Waals surface area (Å²) >= 11 is 0. The smallest absolute Gasteiger partial charge is 0.409 e. The van der Waals surface area contributed by atoms with Crippen LogP contribution in [0.25, 0.3) is 0 Å². The lowest BCUT2D eigenvalue weighted by Crippen LogP contribution is -2.59. The van der Waals surface area contributed by atoms with E-state index < -0.39 is 100 Å². The zero-order valence-corrected chi connectivity index (χ0v) is 78.4. The lowest BCUT2D eigenvalue weighted by molar-refractivity contribution is -0.174. The highest BCUT2D eigenvalue weighted by Gasteiger charge is 2.55. The van der Waals surface area contributed by atoms with Gasteiger partial charge in [-0.15, -0.1) is 0 Å². The number of likely N-dealkylation sites (N-methyl/N-ethyl adjacent to an activating group) is 1. The highest BCUT2D eigenvalue weighted by atomic mass is 19.4. The summed E-state index contributed by atoms with van der Waals surface area (Å²) in [6.45, 7) is 37.1. The van der Waals surface area contributed by atoms with Gasteiger partial charge in [-0.25, -0.2) is 9.59 Å². The molecule has 0 radical (unpaired) electrons. The van der Waals surface area contributed by atoms with Crippen molar-refractivity contribution < 1.29 is 116 Å². The summed E-state index contributed by atoms with van der Waals surface area (Å²) < 4.78 is 38.2. The maximum atomic E-state index is 12.7. The summed E-state index contributed by atoms with van der Waals surface area (Å²) in [4.78, 5) is 163. The molecule has 7 amide bonds. The molecule has 0 aliphatic heterocycles. The summed E-state index contributed by atoms with van der Waals surface area (Å²) in [5.41, 5.74) is -4.43. The van der Waals surface area contributed by atoms with Crippen LogP contribution in [-0.2, 0) is 67.1 Å². The molecule has 0 aromatic carbocycles. The first-order chi connectivity index (χ1) is 57.0. The summed E-state index contributed by atoms with van der Waals surface area (Å²) in [5, 5.41) is 77.9. The standard InChI is InChI=1S/C15H25NO3.C14H23NO3.C14H25NO3.C13H20F3NO3.C13H23NO3.2C12H21NO3/c1-11(2)9-14(5-3-6-14)13(19)16-15(7-4-8-15)10-12(17)18;1-10(2)8-13(4-3-5-13)12(18)15-14(6-7-14)9-11(16)17;1-9(2)8-14(6-5-7-14)13(18)15-11(10(3)4)12(16)17;1-8(2)7-12(4-3-5-12)11(20)17-9(6-10(18)19)13(14,15)16;1-9(2)8-13(6-5-7-13)10(15)14-12(3,4)11(16)17;1-9(2)7-12(5-4-6-12)11(16)13(3)8-10(14)15;1-8(2)7-12(5-4-6-12)11(16)13-9(3)10(14)15/h11H,3-10H2,1-2H3,(H,16,19)(H,17,18);10H,3-9H2,1-2H3,(H,15,18)(H,16,17);9-11H,5-8H2,1-4H3,(H,15,18)(H,16,17);8-9H,3-7H2,1-2H3,(H,17,20)(H,18,19);9H,5-8H2,1-4H3,(H,14,15)(H,16,17);9H,4-8H2,1-3H3,(H,14,15);8-9H,4-7H2,1-3H3,(H,13,16)(H,14,15). The molecule has 0 spiro atoms. The average Bonchev–Trinajstić information content (AvgIpc) is 1.54. The van der Waals surface area contributed by atoms with Gasteiger partial charge in [-0.1, -0.05) is 156 Å². The third-order valence-electron chi connectivity index (χ3n) is 26.7. The van der Waals surface area contributed by atoms with Gasteiger partial charge in [0.1, 0.15) is 30.2 Å². The van der Waals surface area contributed by atoms with Crippen LogP contribution in [0.5, 0.6) is 0 Å². The number of carbonyl (C=O) groups excluding carboxylic acids is 7. The predicted octanol–water partition coefficient (Wildman–Crippen LogP) is 15.9. The minimum atomic E-state index is -4.75. The van der Waals surface area contributed by atoms with Crippen LogP contribution in [0.1, 0.15) is 363 Å². The van der Waals surface area contributed by atoms with Crippen molar-refractivity contribution in [2.24, 2.45) is 85.2 Å². The second-order valence-electron chi connectivity index (χ2n) is 42.3. The molecule has 0 aromatic rings. The number of carboxylic acids is 7. The molecule has 9 aliphatic carbocycles. The average molecular weight is 1770 g/mol. The first-order valence-electron chi connectivity index (χ1n) is 45.8. The van der Waals surface area contributed by atoms with Crippen LogP contribution >= 0.6 is 0 Å². The van der Waals surface area contributed by atoms with Crippen molar-refractivity contribution in [3.05, 3.63) is 0 Å². The Bertz CT molecular complexity index is 3590. The maximum Gasteiger partial charge on any atom is 0.409 e.